The molecular weight excluding hydrogens is 260 g/mol. The van der Waals surface area contributed by atoms with Crippen LogP contribution in [0.25, 0.3) is 0 Å². The number of sulfone groups is 1. The van der Waals surface area contributed by atoms with Crippen molar-refractivity contribution in [2.75, 3.05) is 5.75 Å². The molecule has 2 rings (SSSR count). The Morgan fingerprint density at radius 2 is 1.74 bits per heavy atom. The number of hydrogen-bond donors (Lipinski definition) is 0. The van der Waals surface area contributed by atoms with Crippen LogP contribution in [0.5, 0.6) is 0 Å². The van der Waals surface area contributed by atoms with E-state index in [1.807, 2.05) is 18.2 Å². The van der Waals surface area contributed by atoms with Crippen molar-refractivity contribution in [3.63, 3.8) is 0 Å². The third kappa shape index (κ3) is 3.90. The van der Waals surface area contributed by atoms with Gasteiger partial charge >= 0.3 is 0 Å². The van der Waals surface area contributed by atoms with E-state index < -0.39 is 9.84 Å². The van der Waals surface area contributed by atoms with Crippen molar-refractivity contribution in [2.24, 2.45) is 0 Å². The average Bonchev–Trinajstić information content (AvgIpc) is 2.94. The van der Waals surface area contributed by atoms with Crippen LogP contribution in [0.2, 0.25) is 0 Å². The van der Waals surface area contributed by atoms with Gasteiger partial charge < -0.3 is 0 Å². The lowest BCUT2D eigenvalue weighted by Crippen LogP contribution is -2.21. The van der Waals surface area contributed by atoms with Crippen LogP contribution >= 0.6 is 0 Å². The van der Waals surface area contributed by atoms with Crippen molar-refractivity contribution in [3.8, 4) is 0 Å². The Balaban J connectivity index is 1.82. The van der Waals surface area contributed by atoms with Gasteiger partial charge in [0.15, 0.2) is 15.6 Å². The van der Waals surface area contributed by atoms with Crippen molar-refractivity contribution in [2.45, 2.75) is 43.8 Å². The maximum atomic E-state index is 12.0. The summed E-state index contributed by atoms with van der Waals surface area (Å²) in [5.74, 6) is 0.179. The molecule has 19 heavy (non-hydrogen) atoms. The monoisotopic (exact) mass is 280 g/mol. The molecule has 0 atom stereocenters. The standard InChI is InChI=1S/C15H20O3S/c16-15(13-7-2-1-3-8-13)11-6-12-19(17,18)14-9-4-5-10-14/h1-3,7-8,14H,4-6,9-12H2. The normalized spacial score (nSPS) is 16.6. The van der Waals surface area contributed by atoms with E-state index in [0.717, 1.165) is 25.7 Å². The van der Waals surface area contributed by atoms with Gasteiger partial charge in [-0.3, -0.25) is 4.79 Å². The van der Waals surface area contributed by atoms with Crippen molar-refractivity contribution < 1.29 is 13.2 Å². The lowest BCUT2D eigenvalue weighted by atomic mass is 10.1. The summed E-state index contributed by atoms with van der Waals surface area (Å²) in [7, 11) is -2.99. The highest BCUT2D eigenvalue weighted by Gasteiger charge is 2.28. The van der Waals surface area contributed by atoms with Crippen LogP contribution in [-0.4, -0.2) is 25.2 Å². The lowest BCUT2D eigenvalue weighted by molar-refractivity contribution is 0.0982. The SMILES string of the molecule is O=C(CCCS(=O)(=O)C1CCCC1)c1ccccc1. The smallest absolute Gasteiger partial charge is 0.162 e. The summed E-state index contributed by atoms with van der Waals surface area (Å²) in [5.41, 5.74) is 0.667. The molecule has 0 unspecified atom stereocenters. The first-order valence-electron chi connectivity index (χ1n) is 6.89. The number of ketones is 1. The van der Waals surface area contributed by atoms with Crippen LogP contribution in [0.1, 0.15) is 48.9 Å². The van der Waals surface area contributed by atoms with E-state index in [1.54, 1.807) is 12.1 Å². The van der Waals surface area contributed by atoms with Crippen LogP contribution in [0.4, 0.5) is 0 Å². The molecule has 0 spiro atoms. The minimum absolute atomic E-state index is 0.0298. The highest BCUT2D eigenvalue weighted by molar-refractivity contribution is 7.92. The molecular formula is C15H20O3S. The summed E-state index contributed by atoms with van der Waals surface area (Å²) >= 11 is 0. The van der Waals surface area contributed by atoms with Gasteiger partial charge in [0.1, 0.15) is 0 Å². The van der Waals surface area contributed by atoms with Gasteiger partial charge in [-0.15, -0.1) is 0 Å². The Bertz CT molecular complexity index is 514. The second kappa shape index (κ2) is 6.33. The zero-order valence-corrected chi connectivity index (χ0v) is 11.9. The van der Waals surface area contributed by atoms with E-state index in [9.17, 15) is 13.2 Å². The number of carbonyl (C=O) groups is 1. The first-order valence-corrected chi connectivity index (χ1v) is 8.61. The van der Waals surface area contributed by atoms with Crippen LogP contribution in [0.3, 0.4) is 0 Å². The van der Waals surface area contributed by atoms with Crippen LogP contribution < -0.4 is 0 Å². The molecule has 1 aromatic rings. The fraction of sp³-hybridized carbons (Fsp3) is 0.533. The third-order valence-electron chi connectivity index (χ3n) is 3.74. The number of carbonyl (C=O) groups excluding carboxylic acids is 1. The fourth-order valence-corrected chi connectivity index (χ4v) is 4.55. The minimum atomic E-state index is -2.99. The lowest BCUT2D eigenvalue weighted by Gasteiger charge is -2.10. The van der Waals surface area contributed by atoms with E-state index in [1.165, 1.54) is 0 Å². The zero-order chi connectivity index (χ0) is 13.7. The molecule has 1 aliphatic carbocycles. The summed E-state index contributed by atoms with van der Waals surface area (Å²) < 4.78 is 24.1. The zero-order valence-electron chi connectivity index (χ0n) is 11.0. The molecule has 3 nitrogen and oxygen atoms in total. The average molecular weight is 280 g/mol. The number of benzene rings is 1. The molecule has 1 aromatic carbocycles. The molecule has 0 heterocycles. The highest BCUT2D eigenvalue weighted by Crippen LogP contribution is 2.25. The van der Waals surface area contributed by atoms with Crippen LogP contribution in [0.15, 0.2) is 30.3 Å². The molecule has 0 amide bonds. The quantitative estimate of drug-likeness (QED) is 0.753. The Labute approximate surface area is 114 Å². The van der Waals surface area contributed by atoms with Crippen molar-refractivity contribution in [1.29, 1.82) is 0 Å². The van der Waals surface area contributed by atoms with Gasteiger partial charge in [0.05, 0.1) is 11.0 Å². The predicted octanol–water partition coefficient (Wildman–Crippen LogP) is 3.01. The number of rotatable bonds is 6. The van der Waals surface area contributed by atoms with E-state index >= 15 is 0 Å². The van der Waals surface area contributed by atoms with E-state index in [0.29, 0.717) is 18.4 Å². The van der Waals surface area contributed by atoms with Crippen molar-refractivity contribution in [1.82, 2.24) is 0 Å². The first-order chi connectivity index (χ1) is 9.09. The van der Waals surface area contributed by atoms with Crippen molar-refractivity contribution in [3.05, 3.63) is 35.9 Å². The Hall–Kier alpha value is -1.16. The van der Waals surface area contributed by atoms with Gasteiger partial charge in [0.2, 0.25) is 0 Å². The summed E-state index contributed by atoms with van der Waals surface area (Å²) in [4.78, 5) is 11.9. The molecule has 1 saturated carbocycles. The largest absolute Gasteiger partial charge is 0.294 e. The third-order valence-corrected chi connectivity index (χ3v) is 6.08. The van der Waals surface area contributed by atoms with Gasteiger partial charge in [-0.1, -0.05) is 43.2 Å². The summed E-state index contributed by atoms with van der Waals surface area (Å²) in [6, 6.07) is 9.05. The minimum Gasteiger partial charge on any atom is -0.294 e. The predicted molar refractivity (Wildman–Crippen MR) is 76.0 cm³/mol. The highest BCUT2D eigenvalue weighted by atomic mass is 32.2. The van der Waals surface area contributed by atoms with Gasteiger partial charge in [0, 0.05) is 12.0 Å². The molecule has 1 fully saturated rings. The van der Waals surface area contributed by atoms with Gasteiger partial charge in [0.25, 0.3) is 0 Å². The maximum Gasteiger partial charge on any atom is 0.162 e. The molecule has 4 heteroatoms. The topological polar surface area (TPSA) is 51.2 Å². The molecule has 0 N–H and O–H groups in total. The molecule has 0 bridgehead atoms. The molecule has 0 aromatic heterocycles. The number of Topliss-reactive ketones (excluding diaryl/α,β-unsaturated/α-hetero) is 1. The Kier molecular flexibility index (Phi) is 4.75. The first kappa shape index (κ1) is 14.3. The number of hydrogen-bond acceptors (Lipinski definition) is 3. The molecule has 0 aliphatic heterocycles. The fourth-order valence-electron chi connectivity index (χ4n) is 2.62. The molecule has 0 radical (unpaired) electrons. The summed E-state index contributed by atoms with van der Waals surface area (Å²) in [5, 5.41) is -0.153. The van der Waals surface area contributed by atoms with E-state index in [-0.39, 0.29) is 16.8 Å². The van der Waals surface area contributed by atoms with E-state index in [4.69, 9.17) is 0 Å². The van der Waals surface area contributed by atoms with Crippen LogP contribution in [0, 0.1) is 0 Å². The van der Waals surface area contributed by atoms with E-state index in [2.05, 4.69) is 0 Å². The van der Waals surface area contributed by atoms with Crippen LogP contribution in [-0.2, 0) is 9.84 Å². The molecule has 1 aliphatic rings. The Morgan fingerprint density at radius 1 is 1.11 bits per heavy atom. The van der Waals surface area contributed by atoms with Crippen molar-refractivity contribution >= 4 is 15.6 Å². The molecule has 104 valence electrons. The van der Waals surface area contributed by atoms with Gasteiger partial charge in [-0.2, -0.15) is 0 Å². The maximum absolute atomic E-state index is 12.0. The van der Waals surface area contributed by atoms with Gasteiger partial charge in [-0.05, 0) is 19.3 Å². The second-order valence-corrected chi connectivity index (χ2v) is 7.57. The second-order valence-electron chi connectivity index (χ2n) is 5.17. The molecule has 0 saturated heterocycles. The Morgan fingerprint density at radius 3 is 2.37 bits per heavy atom. The van der Waals surface area contributed by atoms with Gasteiger partial charge in [-0.25, -0.2) is 8.42 Å². The summed E-state index contributed by atoms with van der Waals surface area (Å²) in [6.45, 7) is 0. The summed E-state index contributed by atoms with van der Waals surface area (Å²) in [6.07, 6.45) is 4.39.